The van der Waals surface area contributed by atoms with Gasteiger partial charge in [-0.25, -0.2) is 4.39 Å². The van der Waals surface area contributed by atoms with Gasteiger partial charge in [0.2, 0.25) is 0 Å². The van der Waals surface area contributed by atoms with Crippen molar-refractivity contribution in [3.05, 3.63) is 44.3 Å². The molecule has 1 amide bonds. The summed E-state index contributed by atoms with van der Waals surface area (Å²) in [5.41, 5.74) is 7.29. The van der Waals surface area contributed by atoms with E-state index in [0.29, 0.717) is 20.7 Å². The Balaban J connectivity index is 2.28. The van der Waals surface area contributed by atoms with Crippen molar-refractivity contribution in [2.45, 2.75) is 6.92 Å². The smallest absolute Gasteiger partial charge is 0.267 e. The minimum atomic E-state index is -0.421. The molecule has 1 aromatic heterocycles. The summed E-state index contributed by atoms with van der Waals surface area (Å²) in [6.07, 6.45) is 0. The Labute approximate surface area is 116 Å². The maximum Gasteiger partial charge on any atom is 0.267 e. The number of benzene rings is 1. The predicted octanol–water partition coefficient (Wildman–Crippen LogP) is 3.79. The quantitative estimate of drug-likeness (QED) is 0.881. The number of halogens is 2. The molecular formula is C12H10BrFN2OS. The fourth-order valence-electron chi connectivity index (χ4n) is 1.46. The summed E-state index contributed by atoms with van der Waals surface area (Å²) >= 11 is 4.34. The first-order valence-corrected chi connectivity index (χ1v) is 6.76. The number of hydrogen-bond acceptors (Lipinski definition) is 3. The van der Waals surface area contributed by atoms with E-state index in [9.17, 15) is 9.18 Å². The Morgan fingerprint density at radius 3 is 2.83 bits per heavy atom. The number of carbonyl (C=O) groups excluding carboxylic acids is 1. The summed E-state index contributed by atoms with van der Waals surface area (Å²) in [6.45, 7) is 1.79. The van der Waals surface area contributed by atoms with Crippen LogP contribution in [0.5, 0.6) is 0 Å². The molecule has 6 heteroatoms. The third-order valence-electron chi connectivity index (χ3n) is 2.42. The van der Waals surface area contributed by atoms with Crippen LogP contribution in [0, 0.1) is 12.7 Å². The Morgan fingerprint density at radius 1 is 1.50 bits per heavy atom. The monoisotopic (exact) mass is 328 g/mol. The van der Waals surface area contributed by atoms with Gasteiger partial charge in [-0.3, -0.25) is 4.79 Å². The molecule has 0 atom stereocenters. The fourth-order valence-corrected chi connectivity index (χ4v) is 2.63. The molecule has 0 saturated carbocycles. The van der Waals surface area contributed by atoms with Crippen LogP contribution in [0.2, 0.25) is 0 Å². The highest BCUT2D eigenvalue weighted by Crippen LogP contribution is 2.26. The number of nitrogens with one attached hydrogen (secondary N) is 1. The fraction of sp³-hybridized carbons (Fsp3) is 0.0833. The zero-order chi connectivity index (χ0) is 13.3. The summed E-state index contributed by atoms with van der Waals surface area (Å²) in [7, 11) is 0. The number of nitrogen functional groups attached to an aromatic ring is 1. The lowest BCUT2D eigenvalue weighted by Gasteiger charge is -2.09. The molecule has 0 radical (unpaired) electrons. The van der Waals surface area contributed by atoms with Gasteiger partial charge in [0.15, 0.2) is 0 Å². The number of anilines is 2. The van der Waals surface area contributed by atoms with E-state index in [1.807, 2.05) is 0 Å². The highest BCUT2D eigenvalue weighted by atomic mass is 79.9. The van der Waals surface area contributed by atoms with Gasteiger partial charge in [0.25, 0.3) is 5.91 Å². The van der Waals surface area contributed by atoms with Gasteiger partial charge in [0, 0.05) is 5.69 Å². The third kappa shape index (κ3) is 2.54. The van der Waals surface area contributed by atoms with Crippen LogP contribution in [0.15, 0.2) is 28.1 Å². The largest absolute Gasteiger partial charge is 0.397 e. The molecule has 0 spiro atoms. The van der Waals surface area contributed by atoms with Crippen molar-refractivity contribution in [1.82, 2.24) is 0 Å². The van der Waals surface area contributed by atoms with Crippen molar-refractivity contribution in [3.8, 4) is 0 Å². The standard InChI is InChI=1S/C12H10BrFN2OS/c1-6-4-7(13)8(14)5-10(6)16-12(17)11-9(15)2-3-18-11/h2-5H,15H2,1H3,(H,16,17). The highest BCUT2D eigenvalue weighted by molar-refractivity contribution is 9.10. The van der Waals surface area contributed by atoms with Crippen LogP contribution in [0.3, 0.4) is 0 Å². The second-order valence-electron chi connectivity index (χ2n) is 3.74. The van der Waals surface area contributed by atoms with E-state index in [1.54, 1.807) is 24.4 Å². The van der Waals surface area contributed by atoms with Crippen molar-refractivity contribution in [2.24, 2.45) is 0 Å². The van der Waals surface area contributed by atoms with Gasteiger partial charge >= 0.3 is 0 Å². The minimum Gasteiger partial charge on any atom is -0.397 e. The molecule has 0 fully saturated rings. The van der Waals surface area contributed by atoms with Crippen LogP contribution in [0.25, 0.3) is 0 Å². The molecule has 2 rings (SSSR count). The zero-order valence-electron chi connectivity index (χ0n) is 9.46. The van der Waals surface area contributed by atoms with Crippen LogP contribution in [-0.2, 0) is 0 Å². The number of nitrogens with two attached hydrogens (primary N) is 1. The molecule has 2 aromatic rings. The second-order valence-corrected chi connectivity index (χ2v) is 5.51. The molecule has 3 N–H and O–H groups in total. The first kappa shape index (κ1) is 13.0. The average molecular weight is 329 g/mol. The molecule has 94 valence electrons. The molecule has 18 heavy (non-hydrogen) atoms. The van der Waals surface area contributed by atoms with Crippen LogP contribution in [0.1, 0.15) is 15.2 Å². The summed E-state index contributed by atoms with van der Waals surface area (Å²) < 4.78 is 13.8. The Morgan fingerprint density at radius 2 is 2.22 bits per heavy atom. The van der Waals surface area contributed by atoms with Crippen LogP contribution in [0.4, 0.5) is 15.8 Å². The van der Waals surface area contributed by atoms with Gasteiger partial charge in [0.05, 0.1) is 10.2 Å². The number of thiophene rings is 1. The van der Waals surface area contributed by atoms with Gasteiger partial charge in [-0.2, -0.15) is 0 Å². The molecule has 0 saturated heterocycles. The topological polar surface area (TPSA) is 55.1 Å². The molecule has 0 aliphatic carbocycles. The lowest BCUT2D eigenvalue weighted by Crippen LogP contribution is -2.13. The van der Waals surface area contributed by atoms with Gasteiger partial charge < -0.3 is 11.1 Å². The van der Waals surface area contributed by atoms with Crippen molar-refractivity contribution in [2.75, 3.05) is 11.1 Å². The number of carbonyl (C=O) groups is 1. The van der Waals surface area contributed by atoms with Crippen molar-refractivity contribution in [3.63, 3.8) is 0 Å². The van der Waals surface area contributed by atoms with Crippen molar-refractivity contribution >= 4 is 44.5 Å². The lowest BCUT2D eigenvalue weighted by atomic mass is 10.2. The highest BCUT2D eigenvalue weighted by Gasteiger charge is 2.13. The Kier molecular flexibility index (Phi) is 3.68. The molecule has 3 nitrogen and oxygen atoms in total. The SMILES string of the molecule is Cc1cc(Br)c(F)cc1NC(=O)c1sccc1N. The normalized spacial score (nSPS) is 10.4. The van der Waals surface area contributed by atoms with E-state index in [0.717, 1.165) is 5.56 Å². The van der Waals surface area contributed by atoms with Crippen LogP contribution < -0.4 is 11.1 Å². The Bertz CT molecular complexity index is 612. The van der Waals surface area contributed by atoms with E-state index in [-0.39, 0.29) is 5.91 Å². The van der Waals surface area contributed by atoms with Crippen molar-refractivity contribution in [1.29, 1.82) is 0 Å². The predicted molar refractivity (Wildman–Crippen MR) is 75.5 cm³/mol. The number of amides is 1. The molecule has 0 bridgehead atoms. The van der Waals surface area contributed by atoms with E-state index in [2.05, 4.69) is 21.2 Å². The Hall–Kier alpha value is -1.40. The van der Waals surface area contributed by atoms with E-state index >= 15 is 0 Å². The maximum atomic E-state index is 13.4. The molecule has 0 aliphatic rings. The van der Waals surface area contributed by atoms with E-state index in [1.165, 1.54) is 17.4 Å². The molecule has 1 aromatic carbocycles. The first-order valence-electron chi connectivity index (χ1n) is 5.09. The molecule has 1 heterocycles. The van der Waals surface area contributed by atoms with Gasteiger partial charge in [-0.15, -0.1) is 11.3 Å². The van der Waals surface area contributed by atoms with Gasteiger partial charge in [-0.05, 0) is 52.0 Å². The number of hydrogen-bond donors (Lipinski definition) is 2. The van der Waals surface area contributed by atoms with Crippen LogP contribution >= 0.6 is 27.3 Å². The van der Waals surface area contributed by atoms with E-state index in [4.69, 9.17) is 5.73 Å². The average Bonchev–Trinajstić information content (AvgIpc) is 2.72. The number of rotatable bonds is 2. The minimum absolute atomic E-state index is 0.327. The third-order valence-corrected chi connectivity index (χ3v) is 3.95. The molecule has 0 aliphatic heterocycles. The first-order chi connectivity index (χ1) is 8.49. The zero-order valence-corrected chi connectivity index (χ0v) is 11.9. The van der Waals surface area contributed by atoms with Gasteiger partial charge in [0.1, 0.15) is 10.7 Å². The lowest BCUT2D eigenvalue weighted by molar-refractivity contribution is 0.103. The van der Waals surface area contributed by atoms with Crippen LogP contribution in [-0.4, -0.2) is 5.91 Å². The summed E-state index contributed by atoms with van der Waals surface area (Å²) in [4.78, 5) is 12.4. The van der Waals surface area contributed by atoms with Crippen molar-refractivity contribution < 1.29 is 9.18 Å². The summed E-state index contributed by atoms with van der Waals surface area (Å²) in [5.74, 6) is -0.748. The number of aryl methyl sites for hydroxylation is 1. The molecule has 0 unspecified atom stereocenters. The maximum absolute atomic E-state index is 13.4. The molecular weight excluding hydrogens is 319 g/mol. The summed E-state index contributed by atoms with van der Waals surface area (Å²) in [5, 5.41) is 4.39. The summed E-state index contributed by atoms with van der Waals surface area (Å²) in [6, 6.07) is 4.55. The second kappa shape index (κ2) is 5.07. The van der Waals surface area contributed by atoms with E-state index < -0.39 is 5.82 Å². The van der Waals surface area contributed by atoms with Gasteiger partial charge in [-0.1, -0.05) is 0 Å².